The predicted octanol–water partition coefficient (Wildman–Crippen LogP) is 3.56. The SMILES string of the molecule is c1ccc2c(c1)CCCC[C@H]2NCc1nnc2n1CCCCC2. The third kappa shape index (κ3) is 3.18. The zero-order valence-electron chi connectivity index (χ0n) is 13.8. The van der Waals surface area contributed by atoms with Crippen molar-refractivity contribution in [2.24, 2.45) is 0 Å². The van der Waals surface area contributed by atoms with Gasteiger partial charge in [-0.1, -0.05) is 37.1 Å². The largest absolute Gasteiger partial charge is 0.314 e. The summed E-state index contributed by atoms with van der Waals surface area (Å²) in [6.45, 7) is 1.91. The highest BCUT2D eigenvalue weighted by atomic mass is 15.3. The quantitative estimate of drug-likeness (QED) is 0.882. The molecule has 1 N–H and O–H groups in total. The van der Waals surface area contributed by atoms with E-state index in [0.717, 1.165) is 25.3 Å². The van der Waals surface area contributed by atoms with E-state index >= 15 is 0 Å². The van der Waals surface area contributed by atoms with Crippen molar-refractivity contribution in [3.8, 4) is 0 Å². The minimum Gasteiger partial charge on any atom is -0.314 e. The molecule has 1 aliphatic carbocycles. The van der Waals surface area contributed by atoms with Gasteiger partial charge in [0.1, 0.15) is 11.6 Å². The van der Waals surface area contributed by atoms with Crippen LogP contribution in [0.4, 0.5) is 0 Å². The minimum atomic E-state index is 0.451. The fourth-order valence-corrected chi connectivity index (χ4v) is 4.02. The van der Waals surface area contributed by atoms with Gasteiger partial charge in [-0.15, -0.1) is 10.2 Å². The molecule has 1 aromatic carbocycles. The zero-order chi connectivity index (χ0) is 15.5. The van der Waals surface area contributed by atoms with Crippen LogP contribution in [-0.2, 0) is 25.9 Å². The summed E-state index contributed by atoms with van der Waals surface area (Å²) in [5.41, 5.74) is 3.00. The van der Waals surface area contributed by atoms with E-state index in [4.69, 9.17) is 0 Å². The molecule has 1 aromatic heterocycles. The lowest BCUT2D eigenvalue weighted by Crippen LogP contribution is -2.23. The molecule has 23 heavy (non-hydrogen) atoms. The maximum atomic E-state index is 4.45. The van der Waals surface area contributed by atoms with Crippen molar-refractivity contribution in [2.45, 2.75) is 70.5 Å². The van der Waals surface area contributed by atoms with E-state index in [1.807, 2.05) is 0 Å². The number of rotatable bonds is 3. The van der Waals surface area contributed by atoms with Gasteiger partial charge in [-0.3, -0.25) is 0 Å². The summed E-state index contributed by atoms with van der Waals surface area (Å²) in [7, 11) is 0. The van der Waals surface area contributed by atoms with Crippen LogP contribution in [0.3, 0.4) is 0 Å². The molecule has 0 unspecified atom stereocenters. The molecule has 0 spiro atoms. The average Bonchev–Trinajstić information content (AvgIpc) is 2.77. The fraction of sp³-hybridized carbons (Fsp3) is 0.579. The molecule has 2 heterocycles. The zero-order valence-corrected chi connectivity index (χ0v) is 13.8. The number of aryl methyl sites for hydroxylation is 2. The van der Waals surface area contributed by atoms with Crippen LogP contribution >= 0.6 is 0 Å². The van der Waals surface area contributed by atoms with Crippen molar-refractivity contribution in [2.75, 3.05) is 0 Å². The molecule has 122 valence electrons. The molecule has 4 heteroatoms. The number of benzene rings is 1. The molecule has 0 saturated carbocycles. The maximum Gasteiger partial charge on any atom is 0.147 e. The Hall–Kier alpha value is -1.68. The van der Waals surface area contributed by atoms with Gasteiger partial charge < -0.3 is 9.88 Å². The van der Waals surface area contributed by atoms with Gasteiger partial charge in [-0.25, -0.2) is 0 Å². The van der Waals surface area contributed by atoms with Crippen molar-refractivity contribution >= 4 is 0 Å². The summed E-state index contributed by atoms with van der Waals surface area (Å²) in [6.07, 6.45) is 9.93. The van der Waals surface area contributed by atoms with Gasteiger partial charge in [0.25, 0.3) is 0 Å². The molecule has 0 amide bonds. The Balaban J connectivity index is 1.50. The Labute approximate surface area is 138 Å². The molecule has 1 atom stereocenters. The second-order valence-corrected chi connectivity index (χ2v) is 6.87. The first-order chi connectivity index (χ1) is 11.4. The van der Waals surface area contributed by atoms with Gasteiger partial charge in [0.15, 0.2) is 0 Å². The second kappa shape index (κ2) is 6.83. The summed E-state index contributed by atoms with van der Waals surface area (Å²) >= 11 is 0. The van der Waals surface area contributed by atoms with Crippen molar-refractivity contribution in [3.63, 3.8) is 0 Å². The fourth-order valence-electron chi connectivity index (χ4n) is 4.02. The number of nitrogens with zero attached hydrogens (tertiary/aromatic N) is 3. The Morgan fingerprint density at radius 2 is 1.91 bits per heavy atom. The van der Waals surface area contributed by atoms with Crippen LogP contribution in [0, 0.1) is 0 Å². The van der Waals surface area contributed by atoms with Crippen molar-refractivity contribution < 1.29 is 0 Å². The van der Waals surface area contributed by atoms with Gasteiger partial charge in [0.05, 0.1) is 6.54 Å². The molecule has 0 saturated heterocycles. The molecule has 1 aliphatic heterocycles. The molecule has 0 bridgehead atoms. The monoisotopic (exact) mass is 310 g/mol. The molecule has 2 aromatic rings. The van der Waals surface area contributed by atoms with Crippen molar-refractivity contribution in [3.05, 3.63) is 47.0 Å². The van der Waals surface area contributed by atoms with E-state index in [-0.39, 0.29) is 0 Å². The topological polar surface area (TPSA) is 42.7 Å². The molecular formula is C19H26N4. The molecule has 2 aliphatic rings. The van der Waals surface area contributed by atoms with Crippen LogP contribution in [0.1, 0.15) is 67.3 Å². The number of nitrogens with one attached hydrogen (secondary N) is 1. The van der Waals surface area contributed by atoms with Crippen LogP contribution in [0.2, 0.25) is 0 Å². The van der Waals surface area contributed by atoms with Crippen molar-refractivity contribution in [1.29, 1.82) is 0 Å². The normalized spacial score (nSPS) is 21.1. The summed E-state index contributed by atoms with van der Waals surface area (Å²) < 4.78 is 2.35. The smallest absolute Gasteiger partial charge is 0.147 e. The lowest BCUT2D eigenvalue weighted by atomic mass is 9.99. The molecule has 0 fully saturated rings. The van der Waals surface area contributed by atoms with Crippen LogP contribution in [0.5, 0.6) is 0 Å². The Morgan fingerprint density at radius 3 is 2.91 bits per heavy atom. The average molecular weight is 310 g/mol. The Morgan fingerprint density at radius 1 is 1.00 bits per heavy atom. The highest BCUT2D eigenvalue weighted by Crippen LogP contribution is 2.28. The number of aromatic nitrogens is 3. The van der Waals surface area contributed by atoms with Gasteiger partial charge in [-0.05, 0) is 43.2 Å². The summed E-state index contributed by atoms with van der Waals surface area (Å²) in [5.74, 6) is 2.30. The number of fused-ring (bicyclic) bond motifs is 2. The van der Waals surface area contributed by atoms with Crippen LogP contribution in [0.25, 0.3) is 0 Å². The first kappa shape index (κ1) is 14.9. The first-order valence-corrected chi connectivity index (χ1v) is 9.14. The molecule has 0 radical (unpaired) electrons. The lowest BCUT2D eigenvalue weighted by Gasteiger charge is -2.19. The number of hydrogen-bond acceptors (Lipinski definition) is 3. The van der Waals surface area contributed by atoms with Gasteiger partial charge in [-0.2, -0.15) is 0 Å². The second-order valence-electron chi connectivity index (χ2n) is 6.87. The molecule has 4 nitrogen and oxygen atoms in total. The van der Waals surface area contributed by atoms with E-state index in [9.17, 15) is 0 Å². The summed E-state index contributed by atoms with van der Waals surface area (Å²) in [6, 6.07) is 9.37. The standard InChI is InChI=1S/C19H26N4/c1-2-12-18-21-22-19(23(18)13-7-1)14-20-17-11-6-4-9-15-8-3-5-10-16(15)17/h3,5,8,10,17,20H,1-2,4,6-7,9,11-14H2/t17-/m1/s1. The summed E-state index contributed by atoms with van der Waals surface area (Å²) in [4.78, 5) is 0. The van der Waals surface area contributed by atoms with Gasteiger partial charge in [0.2, 0.25) is 0 Å². The van der Waals surface area contributed by atoms with E-state index in [1.165, 1.54) is 61.9 Å². The Kier molecular flexibility index (Phi) is 4.42. The van der Waals surface area contributed by atoms with Crippen LogP contribution in [0.15, 0.2) is 24.3 Å². The van der Waals surface area contributed by atoms with Gasteiger partial charge >= 0.3 is 0 Å². The van der Waals surface area contributed by atoms with E-state index in [2.05, 4.69) is 44.3 Å². The maximum absolute atomic E-state index is 4.45. The molecule has 4 rings (SSSR count). The predicted molar refractivity (Wildman–Crippen MR) is 91.2 cm³/mol. The van der Waals surface area contributed by atoms with Crippen molar-refractivity contribution in [1.82, 2.24) is 20.1 Å². The Bertz CT molecular complexity index is 661. The third-order valence-electron chi connectivity index (χ3n) is 5.31. The minimum absolute atomic E-state index is 0.451. The molecular weight excluding hydrogens is 284 g/mol. The highest BCUT2D eigenvalue weighted by Gasteiger charge is 2.20. The van der Waals surface area contributed by atoms with Crippen LogP contribution in [-0.4, -0.2) is 14.8 Å². The number of hydrogen-bond donors (Lipinski definition) is 1. The van der Waals surface area contributed by atoms with Crippen LogP contribution < -0.4 is 5.32 Å². The highest BCUT2D eigenvalue weighted by molar-refractivity contribution is 5.31. The third-order valence-corrected chi connectivity index (χ3v) is 5.31. The first-order valence-electron chi connectivity index (χ1n) is 9.14. The van der Waals surface area contributed by atoms with Gasteiger partial charge in [0, 0.05) is 19.0 Å². The lowest BCUT2D eigenvalue weighted by molar-refractivity contribution is 0.469. The van der Waals surface area contributed by atoms with E-state index in [0.29, 0.717) is 6.04 Å². The summed E-state index contributed by atoms with van der Waals surface area (Å²) in [5, 5.41) is 12.6. The van der Waals surface area contributed by atoms with E-state index in [1.54, 1.807) is 0 Å². The van der Waals surface area contributed by atoms with E-state index < -0.39 is 0 Å².